The first-order valence-electron chi connectivity index (χ1n) is 5.19. The summed E-state index contributed by atoms with van der Waals surface area (Å²) in [6.45, 7) is 5.76. The molecule has 1 unspecified atom stereocenters. The summed E-state index contributed by atoms with van der Waals surface area (Å²) >= 11 is 0. The van der Waals surface area contributed by atoms with Crippen LogP contribution in [0.3, 0.4) is 0 Å². The molecular weight excluding hydrogens is 192 g/mol. The maximum absolute atomic E-state index is 11.4. The SMILES string of the molecule is C=C(C)C(=O)OC1CCCC=C1COC. The minimum Gasteiger partial charge on any atom is -0.454 e. The van der Waals surface area contributed by atoms with E-state index in [0.717, 1.165) is 24.8 Å². The Morgan fingerprint density at radius 1 is 1.67 bits per heavy atom. The van der Waals surface area contributed by atoms with Crippen LogP contribution in [0.2, 0.25) is 0 Å². The van der Waals surface area contributed by atoms with Crippen LogP contribution in [0.25, 0.3) is 0 Å². The number of allylic oxidation sites excluding steroid dienone is 1. The van der Waals surface area contributed by atoms with Gasteiger partial charge in [0.15, 0.2) is 0 Å². The minimum atomic E-state index is -0.316. The number of carbonyl (C=O) groups excluding carboxylic acids is 1. The zero-order valence-electron chi connectivity index (χ0n) is 9.41. The Hall–Kier alpha value is -1.09. The standard InChI is InChI=1S/C12H18O3/c1-9(2)12(13)15-11-7-5-4-6-10(11)8-14-3/h6,11H,1,4-5,7-8H2,2-3H3. The van der Waals surface area contributed by atoms with Crippen LogP contribution in [-0.4, -0.2) is 25.8 Å². The lowest BCUT2D eigenvalue weighted by Crippen LogP contribution is -2.25. The van der Waals surface area contributed by atoms with Crippen LogP contribution in [0.4, 0.5) is 0 Å². The topological polar surface area (TPSA) is 35.5 Å². The molecule has 1 aliphatic carbocycles. The van der Waals surface area contributed by atoms with E-state index < -0.39 is 0 Å². The van der Waals surface area contributed by atoms with E-state index in [-0.39, 0.29) is 12.1 Å². The number of hydrogen-bond donors (Lipinski definition) is 0. The first-order valence-corrected chi connectivity index (χ1v) is 5.19. The number of methoxy groups -OCH3 is 1. The van der Waals surface area contributed by atoms with Crippen molar-refractivity contribution in [2.75, 3.05) is 13.7 Å². The van der Waals surface area contributed by atoms with Crippen molar-refractivity contribution in [1.82, 2.24) is 0 Å². The zero-order valence-corrected chi connectivity index (χ0v) is 9.41. The van der Waals surface area contributed by atoms with Gasteiger partial charge in [0.2, 0.25) is 0 Å². The predicted octanol–water partition coefficient (Wildman–Crippen LogP) is 2.23. The molecule has 1 aliphatic rings. The molecule has 0 amide bonds. The molecule has 84 valence electrons. The summed E-state index contributed by atoms with van der Waals surface area (Å²) < 4.78 is 10.4. The van der Waals surface area contributed by atoms with Crippen LogP contribution in [0.15, 0.2) is 23.8 Å². The molecule has 0 bridgehead atoms. The second-order valence-electron chi connectivity index (χ2n) is 3.82. The van der Waals surface area contributed by atoms with Gasteiger partial charge in [-0.15, -0.1) is 0 Å². The number of carbonyl (C=O) groups is 1. The molecular formula is C12H18O3. The van der Waals surface area contributed by atoms with Crippen molar-refractivity contribution in [3.8, 4) is 0 Å². The Morgan fingerprint density at radius 2 is 2.40 bits per heavy atom. The van der Waals surface area contributed by atoms with E-state index in [1.807, 2.05) is 0 Å². The normalized spacial score (nSPS) is 20.7. The lowest BCUT2D eigenvalue weighted by Gasteiger charge is -2.24. The van der Waals surface area contributed by atoms with E-state index in [9.17, 15) is 4.79 Å². The van der Waals surface area contributed by atoms with Crippen molar-refractivity contribution >= 4 is 5.97 Å². The summed E-state index contributed by atoms with van der Waals surface area (Å²) in [5, 5.41) is 0. The largest absolute Gasteiger partial charge is 0.454 e. The molecule has 0 aliphatic heterocycles. The highest BCUT2D eigenvalue weighted by molar-refractivity contribution is 5.87. The first-order chi connectivity index (χ1) is 7.15. The van der Waals surface area contributed by atoms with Gasteiger partial charge >= 0.3 is 5.97 Å². The van der Waals surface area contributed by atoms with E-state index in [1.54, 1.807) is 14.0 Å². The predicted molar refractivity (Wildman–Crippen MR) is 58.5 cm³/mol. The highest BCUT2D eigenvalue weighted by atomic mass is 16.5. The smallest absolute Gasteiger partial charge is 0.333 e. The number of ether oxygens (including phenoxy) is 2. The summed E-state index contributed by atoms with van der Waals surface area (Å²) in [6.07, 6.45) is 4.96. The van der Waals surface area contributed by atoms with Gasteiger partial charge in [-0.25, -0.2) is 4.79 Å². The fourth-order valence-electron chi connectivity index (χ4n) is 1.59. The van der Waals surface area contributed by atoms with Crippen LogP contribution >= 0.6 is 0 Å². The monoisotopic (exact) mass is 210 g/mol. The maximum Gasteiger partial charge on any atom is 0.333 e. The van der Waals surface area contributed by atoms with Gasteiger partial charge in [0.25, 0.3) is 0 Å². The Balaban J connectivity index is 2.58. The van der Waals surface area contributed by atoms with Crippen LogP contribution in [0, 0.1) is 0 Å². The Bertz CT molecular complexity index is 279. The van der Waals surface area contributed by atoms with Crippen LogP contribution in [0.1, 0.15) is 26.2 Å². The van der Waals surface area contributed by atoms with Gasteiger partial charge in [-0.3, -0.25) is 0 Å². The lowest BCUT2D eigenvalue weighted by atomic mass is 9.97. The van der Waals surface area contributed by atoms with Gasteiger partial charge in [-0.2, -0.15) is 0 Å². The van der Waals surface area contributed by atoms with Gasteiger partial charge in [-0.05, 0) is 31.8 Å². The van der Waals surface area contributed by atoms with E-state index >= 15 is 0 Å². The van der Waals surface area contributed by atoms with Gasteiger partial charge in [0.05, 0.1) is 6.61 Å². The fraction of sp³-hybridized carbons (Fsp3) is 0.583. The van der Waals surface area contributed by atoms with Gasteiger partial charge in [-0.1, -0.05) is 12.7 Å². The minimum absolute atomic E-state index is 0.122. The first kappa shape index (κ1) is 12.0. The molecule has 0 aromatic rings. The van der Waals surface area contributed by atoms with Crippen LogP contribution in [-0.2, 0) is 14.3 Å². The molecule has 0 aromatic heterocycles. The Morgan fingerprint density at radius 3 is 3.00 bits per heavy atom. The summed E-state index contributed by atoms with van der Waals surface area (Å²) in [4.78, 5) is 11.4. The van der Waals surface area contributed by atoms with Crippen molar-refractivity contribution in [1.29, 1.82) is 0 Å². The summed E-state index contributed by atoms with van der Waals surface area (Å²) in [7, 11) is 1.65. The fourth-order valence-corrected chi connectivity index (χ4v) is 1.59. The number of rotatable bonds is 4. The molecule has 0 fully saturated rings. The van der Waals surface area contributed by atoms with Gasteiger partial charge < -0.3 is 9.47 Å². The van der Waals surface area contributed by atoms with Crippen molar-refractivity contribution in [3.05, 3.63) is 23.8 Å². The average molecular weight is 210 g/mol. The zero-order chi connectivity index (χ0) is 11.3. The van der Waals surface area contributed by atoms with Crippen molar-refractivity contribution in [3.63, 3.8) is 0 Å². The van der Waals surface area contributed by atoms with E-state index in [1.165, 1.54) is 0 Å². The summed E-state index contributed by atoms with van der Waals surface area (Å²) in [6, 6.07) is 0. The molecule has 1 rings (SSSR count). The Labute approximate surface area is 90.8 Å². The molecule has 1 atom stereocenters. The third-order valence-corrected chi connectivity index (χ3v) is 2.40. The maximum atomic E-state index is 11.4. The quantitative estimate of drug-likeness (QED) is 0.405. The summed E-state index contributed by atoms with van der Waals surface area (Å²) in [5.41, 5.74) is 1.51. The van der Waals surface area contributed by atoms with Crippen molar-refractivity contribution in [2.45, 2.75) is 32.3 Å². The second-order valence-corrected chi connectivity index (χ2v) is 3.82. The highest BCUT2D eigenvalue weighted by Crippen LogP contribution is 2.22. The van der Waals surface area contributed by atoms with Gasteiger partial charge in [0.1, 0.15) is 6.10 Å². The van der Waals surface area contributed by atoms with Crippen molar-refractivity contribution in [2.24, 2.45) is 0 Å². The third kappa shape index (κ3) is 3.51. The Kier molecular flexibility index (Phi) is 4.56. The third-order valence-electron chi connectivity index (χ3n) is 2.40. The molecule has 0 aromatic carbocycles. The molecule has 15 heavy (non-hydrogen) atoms. The number of hydrogen-bond acceptors (Lipinski definition) is 3. The molecule has 0 radical (unpaired) electrons. The molecule has 0 spiro atoms. The molecule has 0 saturated carbocycles. The molecule has 0 saturated heterocycles. The summed E-state index contributed by atoms with van der Waals surface area (Å²) in [5.74, 6) is -0.316. The van der Waals surface area contributed by atoms with Gasteiger partial charge in [0, 0.05) is 12.7 Å². The highest BCUT2D eigenvalue weighted by Gasteiger charge is 2.21. The number of esters is 1. The van der Waals surface area contributed by atoms with E-state index in [2.05, 4.69) is 12.7 Å². The van der Waals surface area contributed by atoms with E-state index in [0.29, 0.717) is 12.2 Å². The average Bonchev–Trinajstić information content (AvgIpc) is 2.21. The molecule has 3 nitrogen and oxygen atoms in total. The second kappa shape index (κ2) is 5.71. The van der Waals surface area contributed by atoms with Crippen molar-refractivity contribution < 1.29 is 14.3 Å². The molecule has 3 heteroatoms. The lowest BCUT2D eigenvalue weighted by molar-refractivity contribution is -0.143. The molecule has 0 N–H and O–H groups in total. The molecule has 0 heterocycles. The van der Waals surface area contributed by atoms with E-state index in [4.69, 9.17) is 9.47 Å². The van der Waals surface area contributed by atoms with Crippen LogP contribution in [0.5, 0.6) is 0 Å². The van der Waals surface area contributed by atoms with Crippen LogP contribution < -0.4 is 0 Å².